The Labute approximate surface area is 108 Å². The Morgan fingerprint density at radius 2 is 2.00 bits per heavy atom. The van der Waals surface area contributed by atoms with Crippen molar-refractivity contribution >= 4 is 0 Å². The van der Waals surface area contributed by atoms with Gasteiger partial charge in [0.2, 0.25) is 0 Å². The third-order valence-corrected chi connectivity index (χ3v) is 3.43. The van der Waals surface area contributed by atoms with Crippen LogP contribution in [0.1, 0.15) is 18.1 Å². The predicted octanol–water partition coefficient (Wildman–Crippen LogP) is 1.80. The normalized spacial score (nSPS) is 16.8. The second kappa shape index (κ2) is 6.16. The Kier molecular flexibility index (Phi) is 4.55. The summed E-state index contributed by atoms with van der Waals surface area (Å²) in [5, 5.41) is 3.33. The van der Waals surface area contributed by atoms with Crippen molar-refractivity contribution in [2.24, 2.45) is 0 Å². The SMILES string of the molecule is CCc1cc(CN2CCNCC2)c(OC)cc1F. The molecule has 1 aromatic carbocycles. The van der Waals surface area contributed by atoms with Crippen molar-refractivity contribution in [1.82, 2.24) is 10.2 Å². The van der Waals surface area contributed by atoms with Gasteiger partial charge in [0, 0.05) is 44.4 Å². The molecule has 0 amide bonds. The zero-order chi connectivity index (χ0) is 13.0. The molecule has 1 saturated heterocycles. The highest BCUT2D eigenvalue weighted by molar-refractivity contribution is 5.38. The number of benzene rings is 1. The lowest BCUT2D eigenvalue weighted by atomic mass is 10.1. The van der Waals surface area contributed by atoms with Crippen molar-refractivity contribution in [2.75, 3.05) is 33.3 Å². The number of nitrogens with zero attached hydrogens (tertiary/aromatic N) is 1. The summed E-state index contributed by atoms with van der Waals surface area (Å²) in [7, 11) is 1.60. The summed E-state index contributed by atoms with van der Waals surface area (Å²) in [6, 6.07) is 3.45. The van der Waals surface area contributed by atoms with Crippen molar-refractivity contribution in [3.63, 3.8) is 0 Å². The third-order valence-electron chi connectivity index (χ3n) is 3.43. The smallest absolute Gasteiger partial charge is 0.130 e. The summed E-state index contributed by atoms with van der Waals surface area (Å²) in [6.45, 7) is 6.90. The Hall–Kier alpha value is -1.13. The average Bonchev–Trinajstić information content (AvgIpc) is 2.41. The Bertz CT molecular complexity index is 403. The van der Waals surface area contributed by atoms with E-state index in [9.17, 15) is 4.39 Å². The molecule has 0 radical (unpaired) electrons. The van der Waals surface area contributed by atoms with Gasteiger partial charge in [0.1, 0.15) is 11.6 Å². The molecule has 1 aromatic rings. The highest BCUT2D eigenvalue weighted by Gasteiger charge is 2.15. The standard InChI is InChI=1S/C14H21FN2O/c1-3-11-8-12(14(18-2)9-13(11)15)10-17-6-4-16-5-7-17/h8-9,16H,3-7,10H2,1-2H3. The van der Waals surface area contributed by atoms with Crippen molar-refractivity contribution in [2.45, 2.75) is 19.9 Å². The van der Waals surface area contributed by atoms with E-state index < -0.39 is 0 Å². The molecule has 0 unspecified atom stereocenters. The number of ether oxygens (including phenoxy) is 1. The minimum absolute atomic E-state index is 0.168. The maximum atomic E-state index is 13.7. The Morgan fingerprint density at radius 1 is 1.28 bits per heavy atom. The molecule has 1 fully saturated rings. The molecule has 2 rings (SSSR count). The Morgan fingerprint density at radius 3 is 2.61 bits per heavy atom. The van der Waals surface area contributed by atoms with Crippen LogP contribution < -0.4 is 10.1 Å². The first kappa shape index (κ1) is 13.3. The first-order valence-corrected chi connectivity index (χ1v) is 6.53. The van der Waals surface area contributed by atoms with Crippen molar-refractivity contribution in [3.05, 3.63) is 29.1 Å². The number of nitrogens with one attached hydrogen (secondary N) is 1. The van der Waals surface area contributed by atoms with Gasteiger partial charge in [0.05, 0.1) is 7.11 Å². The third kappa shape index (κ3) is 3.00. The van der Waals surface area contributed by atoms with Gasteiger partial charge in [-0.1, -0.05) is 6.92 Å². The van der Waals surface area contributed by atoms with Crippen LogP contribution in [0.5, 0.6) is 5.75 Å². The summed E-state index contributed by atoms with van der Waals surface area (Å²) in [6.07, 6.45) is 0.713. The van der Waals surface area contributed by atoms with E-state index in [4.69, 9.17) is 4.74 Å². The van der Waals surface area contributed by atoms with Gasteiger partial charge in [0.15, 0.2) is 0 Å². The fourth-order valence-corrected chi connectivity index (χ4v) is 2.35. The van der Waals surface area contributed by atoms with Gasteiger partial charge in [0.25, 0.3) is 0 Å². The fourth-order valence-electron chi connectivity index (χ4n) is 2.35. The largest absolute Gasteiger partial charge is 0.496 e. The van der Waals surface area contributed by atoms with Crippen LogP contribution in [0, 0.1) is 5.82 Å². The summed E-state index contributed by atoms with van der Waals surface area (Å²) in [5.74, 6) is 0.488. The molecule has 0 aliphatic carbocycles. The van der Waals surface area contributed by atoms with E-state index in [1.54, 1.807) is 7.11 Å². The monoisotopic (exact) mass is 252 g/mol. The molecule has 1 heterocycles. The fraction of sp³-hybridized carbons (Fsp3) is 0.571. The topological polar surface area (TPSA) is 24.5 Å². The number of hydrogen-bond donors (Lipinski definition) is 1. The minimum Gasteiger partial charge on any atom is -0.496 e. The number of halogens is 1. The van der Waals surface area contributed by atoms with Crippen molar-refractivity contribution in [3.8, 4) is 5.75 Å². The number of methoxy groups -OCH3 is 1. The molecule has 0 saturated carbocycles. The molecule has 3 nitrogen and oxygen atoms in total. The van der Waals surface area contributed by atoms with E-state index >= 15 is 0 Å². The zero-order valence-electron chi connectivity index (χ0n) is 11.1. The van der Waals surface area contributed by atoms with Crippen LogP contribution in [0.15, 0.2) is 12.1 Å². The molecular weight excluding hydrogens is 231 g/mol. The van der Waals surface area contributed by atoms with Crippen molar-refractivity contribution in [1.29, 1.82) is 0 Å². The van der Waals surface area contributed by atoms with E-state index in [0.29, 0.717) is 12.2 Å². The van der Waals surface area contributed by atoms with Gasteiger partial charge in [-0.05, 0) is 18.1 Å². The maximum Gasteiger partial charge on any atom is 0.130 e. The van der Waals surface area contributed by atoms with Crippen LogP contribution >= 0.6 is 0 Å². The quantitative estimate of drug-likeness (QED) is 0.884. The summed E-state index contributed by atoms with van der Waals surface area (Å²) < 4.78 is 19.0. The van der Waals surface area contributed by atoms with Crippen LogP contribution in [-0.4, -0.2) is 38.2 Å². The molecule has 100 valence electrons. The number of rotatable bonds is 4. The number of piperazine rings is 1. The first-order chi connectivity index (χ1) is 8.74. The van der Waals surface area contributed by atoms with E-state index in [1.807, 2.05) is 13.0 Å². The predicted molar refractivity (Wildman–Crippen MR) is 70.5 cm³/mol. The van der Waals surface area contributed by atoms with Crippen LogP contribution in [0.3, 0.4) is 0 Å². The van der Waals surface area contributed by atoms with Crippen molar-refractivity contribution < 1.29 is 9.13 Å². The average molecular weight is 252 g/mol. The number of hydrogen-bond acceptors (Lipinski definition) is 3. The molecule has 1 aliphatic rings. The van der Waals surface area contributed by atoms with Crippen LogP contribution in [0.25, 0.3) is 0 Å². The molecule has 18 heavy (non-hydrogen) atoms. The molecule has 4 heteroatoms. The van der Waals surface area contributed by atoms with E-state index in [0.717, 1.165) is 43.9 Å². The Balaban J connectivity index is 2.18. The summed E-state index contributed by atoms with van der Waals surface area (Å²) in [4.78, 5) is 2.37. The molecule has 0 atom stereocenters. The number of aryl methyl sites for hydroxylation is 1. The minimum atomic E-state index is -0.168. The van der Waals surface area contributed by atoms with E-state index in [2.05, 4.69) is 10.2 Å². The van der Waals surface area contributed by atoms with Gasteiger partial charge in [-0.2, -0.15) is 0 Å². The molecule has 0 bridgehead atoms. The van der Waals surface area contributed by atoms with Crippen LogP contribution in [0.4, 0.5) is 4.39 Å². The summed E-state index contributed by atoms with van der Waals surface area (Å²) in [5.41, 5.74) is 1.85. The molecule has 0 aromatic heterocycles. The second-order valence-corrected chi connectivity index (χ2v) is 4.64. The highest BCUT2D eigenvalue weighted by atomic mass is 19.1. The van der Waals surface area contributed by atoms with Gasteiger partial charge in [-0.15, -0.1) is 0 Å². The van der Waals surface area contributed by atoms with E-state index in [-0.39, 0.29) is 5.82 Å². The second-order valence-electron chi connectivity index (χ2n) is 4.64. The highest BCUT2D eigenvalue weighted by Crippen LogP contribution is 2.24. The first-order valence-electron chi connectivity index (χ1n) is 6.53. The molecule has 1 N–H and O–H groups in total. The lowest BCUT2D eigenvalue weighted by molar-refractivity contribution is 0.230. The zero-order valence-corrected chi connectivity index (χ0v) is 11.1. The van der Waals surface area contributed by atoms with Gasteiger partial charge in [-0.25, -0.2) is 4.39 Å². The summed E-state index contributed by atoms with van der Waals surface area (Å²) >= 11 is 0. The van der Waals surface area contributed by atoms with Gasteiger partial charge in [-0.3, -0.25) is 4.90 Å². The van der Waals surface area contributed by atoms with Gasteiger partial charge < -0.3 is 10.1 Å². The lowest BCUT2D eigenvalue weighted by Gasteiger charge is -2.28. The van der Waals surface area contributed by atoms with Gasteiger partial charge >= 0.3 is 0 Å². The van der Waals surface area contributed by atoms with Crippen LogP contribution in [0.2, 0.25) is 0 Å². The van der Waals surface area contributed by atoms with Crippen LogP contribution in [-0.2, 0) is 13.0 Å². The molecule has 1 aliphatic heterocycles. The molecule has 0 spiro atoms. The molecular formula is C14H21FN2O. The van der Waals surface area contributed by atoms with E-state index in [1.165, 1.54) is 6.07 Å². The lowest BCUT2D eigenvalue weighted by Crippen LogP contribution is -2.42. The maximum absolute atomic E-state index is 13.7.